The SMILES string of the molecule is CC(C)(C)c1cc(-c2nccc3c2sc2cc4c(cc23)C(C)(C)CCC4(C)C)[c-]c2ccccc12.CC(C)C(=O)/C=C(\[N-]C1CCCCC1)C(C)C.[Ir]. The van der Waals surface area contributed by atoms with Crippen molar-refractivity contribution in [3.63, 3.8) is 0 Å². The first kappa shape index (κ1) is 41.3. The fraction of sp³-hybridized carbons (Fsp3) is 0.500. The second kappa shape index (κ2) is 16.1. The molecule has 2 aliphatic carbocycles. The van der Waals surface area contributed by atoms with Gasteiger partial charge in [-0.3, -0.25) is 9.78 Å². The number of pyridine rings is 1. The Morgan fingerprint density at radius 2 is 1.51 bits per heavy atom. The molecule has 2 heterocycles. The minimum absolute atomic E-state index is 0. The smallest absolute Gasteiger partial charge is 0.156 e. The quantitative estimate of drug-likeness (QED) is 0.126. The van der Waals surface area contributed by atoms with Crippen LogP contribution in [0.2, 0.25) is 0 Å². The van der Waals surface area contributed by atoms with Crippen molar-refractivity contribution in [2.75, 3.05) is 0 Å². The average molecular weight is 905 g/mol. The number of hydrogen-bond donors (Lipinski definition) is 0. The molecular formula is C48H60IrN2OS-2. The zero-order valence-electron chi connectivity index (χ0n) is 34.0. The van der Waals surface area contributed by atoms with Crippen molar-refractivity contribution in [2.24, 2.45) is 11.8 Å². The molecule has 1 radical (unpaired) electrons. The summed E-state index contributed by atoms with van der Waals surface area (Å²) in [4.78, 5) is 16.7. The molecule has 0 saturated heterocycles. The summed E-state index contributed by atoms with van der Waals surface area (Å²) in [6, 6.07) is 22.3. The molecule has 7 rings (SSSR count). The molecule has 0 N–H and O–H groups in total. The molecule has 0 spiro atoms. The van der Waals surface area contributed by atoms with Crippen LogP contribution in [-0.4, -0.2) is 16.8 Å². The molecule has 0 amide bonds. The maximum atomic E-state index is 11.8. The Morgan fingerprint density at radius 1 is 0.868 bits per heavy atom. The molecule has 5 aromatic rings. The third kappa shape index (κ3) is 8.84. The van der Waals surface area contributed by atoms with Crippen LogP contribution >= 0.6 is 11.3 Å². The van der Waals surface area contributed by atoms with Crippen LogP contribution in [0.5, 0.6) is 0 Å². The van der Waals surface area contributed by atoms with Crippen LogP contribution in [0.1, 0.15) is 138 Å². The number of fused-ring (bicyclic) bond motifs is 5. The molecular weight excluding hydrogens is 845 g/mol. The predicted octanol–water partition coefficient (Wildman–Crippen LogP) is 14.2. The van der Waals surface area contributed by atoms with E-state index in [2.05, 4.69) is 117 Å². The second-order valence-corrected chi connectivity index (χ2v) is 19.4. The van der Waals surface area contributed by atoms with Gasteiger partial charge >= 0.3 is 0 Å². The van der Waals surface area contributed by atoms with Gasteiger partial charge in [0.2, 0.25) is 0 Å². The minimum Gasteiger partial charge on any atom is -0.685 e. The van der Waals surface area contributed by atoms with Crippen LogP contribution in [0.3, 0.4) is 0 Å². The monoisotopic (exact) mass is 905 g/mol. The number of benzene rings is 3. The maximum absolute atomic E-state index is 11.8. The van der Waals surface area contributed by atoms with Crippen LogP contribution in [-0.2, 0) is 41.1 Å². The van der Waals surface area contributed by atoms with Crippen LogP contribution in [0.15, 0.2) is 66.5 Å². The van der Waals surface area contributed by atoms with Crippen molar-refractivity contribution in [1.29, 1.82) is 0 Å². The van der Waals surface area contributed by atoms with Gasteiger partial charge in [0.1, 0.15) is 0 Å². The molecule has 3 aromatic carbocycles. The van der Waals surface area contributed by atoms with E-state index < -0.39 is 0 Å². The van der Waals surface area contributed by atoms with E-state index in [0.717, 1.165) is 22.3 Å². The first-order valence-corrected chi connectivity index (χ1v) is 20.6. The summed E-state index contributed by atoms with van der Waals surface area (Å²) in [5, 5.41) is 9.93. The molecule has 5 heteroatoms. The van der Waals surface area contributed by atoms with Crippen LogP contribution < -0.4 is 0 Å². The molecule has 0 aliphatic heterocycles. The third-order valence-corrected chi connectivity index (χ3v) is 12.7. The summed E-state index contributed by atoms with van der Waals surface area (Å²) in [5.74, 6) is 0.623. The van der Waals surface area contributed by atoms with E-state index in [4.69, 9.17) is 10.3 Å². The van der Waals surface area contributed by atoms with Gasteiger partial charge in [-0.05, 0) is 75.8 Å². The minimum atomic E-state index is 0. The Hall–Kier alpha value is -2.85. The summed E-state index contributed by atoms with van der Waals surface area (Å²) in [6.07, 6.45) is 12.5. The van der Waals surface area contributed by atoms with Gasteiger partial charge in [0.25, 0.3) is 0 Å². The van der Waals surface area contributed by atoms with Crippen LogP contribution in [0.25, 0.3) is 47.5 Å². The molecule has 0 atom stereocenters. The Bertz CT molecular complexity index is 2120. The molecule has 53 heavy (non-hydrogen) atoms. The number of allylic oxidation sites excluding steroid dienone is 2. The van der Waals surface area contributed by atoms with E-state index in [-0.39, 0.29) is 48.1 Å². The van der Waals surface area contributed by atoms with Gasteiger partial charge in [0.15, 0.2) is 5.78 Å². The number of carbonyl (C=O) groups is 1. The van der Waals surface area contributed by atoms with Crippen molar-refractivity contribution >= 4 is 48.1 Å². The number of nitrogens with zero attached hydrogens (tertiary/aromatic N) is 2. The largest absolute Gasteiger partial charge is 0.685 e. The van der Waals surface area contributed by atoms with E-state index in [9.17, 15) is 4.79 Å². The van der Waals surface area contributed by atoms with E-state index in [1.165, 1.54) is 87.2 Å². The Kier molecular flexibility index (Phi) is 12.5. The predicted molar refractivity (Wildman–Crippen MR) is 226 cm³/mol. The summed E-state index contributed by atoms with van der Waals surface area (Å²) in [5.41, 5.74) is 7.99. The van der Waals surface area contributed by atoms with E-state index in [1.54, 1.807) is 6.08 Å². The molecule has 2 aromatic heterocycles. The van der Waals surface area contributed by atoms with Gasteiger partial charge in [0.05, 0.1) is 0 Å². The first-order chi connectivity index (χ1) is 24.5. The maximum Gasteiger partial charge on any atom is 0.156 e. The average Bonchev–Trinajstić information content (AvgIpc) is 3.47. The fourth-order valence-corrected chi connectivity index (χ4v) is 9.24. The number of hydrogen-bond acceptors (Lipinski definition) is 3. The van der Waals surface area contributed by atoms with Crippen LogP contribution in [0.4, 0.5) is 0 Å². The zero-order chi connectivity index (χ0) is 37.6. The Morgan fingerprint density at radius 3 is 2.13 bits per heavy atom. The summed E-state index contributed by atoms with van der Waals surface area (Å²) < 4.78 is 2.64. The van der Waals surface area contributed by atoms with Gasteiger partial charge in [-0.2, -0.15) is 5.70 Å². The number of rotatable bonds is 6. The van der Waals surface area contributed by atoms with Gasteiger partial charge in [-0.25, -0.2) is 0 Å². The number of aromatic nitrogens is 1. The van der Waals surface area contributed by atoms with Gasteiger partial charge < -0.3 is 5.32 Å². The van der Waals surface area contributed by atoms with Crippen molar-refractivity contribution in [2.45, 2.75) is 143 Å². The van der Waals surface area contributed by atoms with Crippen molar-refractivity contribution in [1.82, 2.24) is 4.98 Å². The fourth-order valence-electron chi connectivity index (χ4n) is 8.02. The topological polar surface area (TPSA) is 44.1 Å². The first-order valence-electron chi connectivity index (χ1n) is 19.7. The zero-order valence-corrected chi connectivity index (χ0v) is 37.2. The number of carbonyl (C=O) groups excluding carboxylic acids is 1. The third-order valence-electron chi connectivity index (χ3n) is 11.6. The van der Waals surface area contributed by atoms with Crippen molar-refractivity contribution < 1.29 is 24.9 Å². The summed E-state index contributed by atoms with van der Waals surface area (Å²) in [7, 11) is 0. The summed E-state index contributed by atoms with van der Waals surface area (Å²) >= 11 is 1.89. The van der Waals surface area contributed by atoms with Crippen molar-refractivity contribution in [3.8, 4) is 11.3 Å². The number of thiophene rings is 1. The Labute approximate surface area is 337 Å². The molecule has 2 aliphatic rings. The molecule has 0 bridgehead atoms. The standard InChI is InChI=1S/C33H34NS.C15H27NO.Ir/c1-31(2,3)25-17-21(16-20-10-8-9-11-22(20)25)29-30-23(12-15-34-29)24-18-26-27(19-28(24)35-30)33(6,7)14-13-32(26,4)5;1-11(2)14(10-15(17)12(3)4)16-13-8-6-5-7-9-13;/h8-12,15,17-19H,13-14H2,1-7H3;10-13H,5-9H2,1-4H3,(H,16,17);/q-1;;/p-1. The summed E-state index contributed by atoms with van der Waals surface area (Å²) in [6.45, 7) is 24.6. The number of ketones is 1. The molecule has 1 saturated carbocycles. The van der Waals surface area contributed by atoms with Gasteiger partial charge in [-0.15, -0.1) is 46.5 Å². The normalized spacial score (nSPS) is 17.4. The van der Waals surface area contributed by atoms with Gasteiger partial charge in [0, 0.05) is 52.7 Å². The van der Waals surface area contributed by atoms with E-state index in [0.29, 0.717) is 12.0 Å². The molecule has 0 unspecified atom stereocenters. The van der Waals surface area contributed by atoms with E-state index >= 15 is 0 Å². The second-order valence-electron chi connectivity index (χ2n) is 18.4. The van der Waals surface area contributed by atoms with Crippen LogP contribution in [0, 0.1) is 17.9 Å². The van der Waals surface area contributed by atoms with E-state index in [1.807, 2.05) is 31.4 Å². The van der Waals surface area contributed by atoms with Crippen molar-refractivity contribution in [3.05, 3.63) is 94.6 Å². The Balaban J connectivity index is 0.000000256. The van der Waals surface area contributed by atoms with Gasteiger partial charge in [-0.1, -0.05) is 137 Å². The molecule has 1 fully saturated rings. The molecule has 285 valence electrons. The molecule has 3 nitrogen and oxygen atoms in total.